The molecule has 134 valence electrons. The molecule has 0 amide bonds. The summed E-state index contributed by atoms with van der Waals surface area (Å²) in [7, 11) is -2.82. The fourth-order valence-electron chi connectivity index (χ4n) is 3.89. The summed E-state index contributed by atoms with van der Waals surface area (Å²) in [5.74, 6) is 0.845. The lowest BCUT2D eigenvalue weighted by Gasteiger charge is -2.37. The highest BCUT2D eigenvalue weighted by molar-refractivity contribution is 7.92. The van der Waals surface area contributed by atoms with Crippen LogP contribution >= 0.6 is 0 Å². The van der Waals surface area contributed by atoms with Crippen LogP contribution in [0.4, 0.5) is 13.2 Å². The van der Waals surface area contributed by atoms with Crippen molar-refractivity contribution in [2.24, 2.45) is 11.3 Å². The Labute approximate surface area is 140 Å². The van der Waals surface area contributed by atoms with Gasteiger partial charge in [0.15, 0.2) is 9.84 Å². The Morgan fingerprint density at radius 2 is 2.04 bits per heavy atom. The van der Waals surface area contributed by atoms with Crippen LogP contribution in [0.25, 0.3) is 0 Å². The van der Waals surface area contributed by atoms with E-state index in [2.05, 4.69) is 9.88 Å². The molecule has 2 aliphatic rings. The van der Waals surface area contributed by atoms with Gasteiger partial charge >= 0.3 is 6.18 Å². The normalized spacial score (nSPS) is 24.0. The molecule has 0 bridgehead atoms. The molecular formula is C16H21F3N2O2S. The van der Waals surface area contributed by atoms with Gasteiger partial charge in [0.2, 0.25) is 0 Å². The van der Waals surface area contributed by atoms with E-state index in [1.165, 1.54) is 6.07 Å². The molecule has 0 saturated carbocycles. The van der Waals surface area contributed by atoms with Crippen molar-refractivity contribution in [1.29, 1.82) is 0 Å². The van der Waals surface area contributed by atoms with Gasteiger partial charge in [-0.3, -0.25) is 4.98 Å². The van der Waals surface area contributed by atoms with Crippen LogP contribution in [-0.2, 0) is 22.4 Å². The predicted octanol–water partition coefficient (Wildman–Crippen LogP) is 2.40. The van der Waals surface area contributed by atoms with Gasteiger partial charge in [-0.1, -0.05) is 6.92 Å². The molecule has 0 aliphatic carbocycles. The highest BCUT2D eigenvalue weighted by Crippen LogP contribution is 2.41. The minimum absolute atomic E-state index is 0.0504. The van der Waals surface area contributed by atoms with Crippen molar-refractivity contribution in [3.63, 3.8) is 0 Å². The van der Waals surface area contributed by atoms with Gasteiger partial charge < -0.3 is 4.90 Å². The van der Waals surface area contributed by atoms with Crippen LogP contribution in [-0.4, -0.2) is 49.4 Å². The first-order valence-corrected chi connectivity index (χ1v) is 9.84. The maximum atomic E-state index is 12.5. The third kappa shape index (κ3) is 3.91. The summed E-state index contributed by atoms with van der Waals surface area (Å²) >= 11 is 0. The van der Waals surface area contributed by atoms with Crippen LogP contribution in [0.2, 0.25) is 0 Å². The molecule has 1 spiro atoms. The van der Waals surface area contributed by atoms with E-state index in [1.807, 2.05) is 6.92 Å². The van der Waals surface area contributed by atoms with Gasteiger partial charge in [0, 0.05) is 30.4 Å². The molecular weight excluding hydrogens is 341 g/mol. The fraction of sp³-hybridized carbons (Fsp3) is 0.688. The van der Waals surface area contributed by atoms with E-state index in [9.17, 15) is 21.6 Å². The first-order valence-electron chi connectivity index (χ1n) is 8.02. The molecule has 0 N–H and O–H groups in total. The van der Waals surface area contributed by atoms with Crippen molar-refractivity contribution in [2.45, 2.75) is 25.9 Å². The largest absolute Gasteiger partial charge is 0.417 e. The van der Waals surface area contributed by atoms with E-state index >= 15 is 0 Å². The number of halogens is 3. The first kappa shape index (κ1) is 17.7. The number of aromatic nitrogens is 1. The van der Waals surface area contributed by atoms with Crippen molar-refractivity contribution < 1.29 is 21.6 Å². The Morgan fingerprint density at radius 3 is 2.58 bits per heavy atom. The van der Waals surface area contributed by atoms with E-state index in [0.717, 1.165) is 38.3 Å². The monoisotopic (exact) mass is 362 g/mol. The Kier molecular flexibility index (Phi) is 4.40. The van der Waals surface area contributed by atoms with Crippen LogP contribution in [0.15, 0.2) is 18.3 Å². The van der Waals surface area contributed by atoms with Crippen molar-refractivity contribution in [1.82, 2.24) is 9.88 Å². The maximum absolute atomic E-state index is 12.5. The highest BCUT2D eigenvalue weighted by atomic mass is 32.2. The molecule has 0 radical (unpaired) electrons. The summed E-state index contributed by atoms with van der Waals surface area (Å²) in [5, 5.41) is 0. The third-order valence-corrected chi connectivity index (χ3v) is 6.95. The Hall–Kier alpha value is -1.15. The van der Waals surface area contributed by atoms with Gasteiger partial charge in [-0.2, -0.15) is 13.2 Å². The van der Waals surface area contributed by atoms with Crippen molar-refractivity contribution in [3.8, 4) is 0 Å². The first-order chi connectivity index (χ1) is 11.1. The number of likely N-dealkylation sites (tertiary alicyclic amines) is 1. The van der Waals surface area contributed by atoms with E-state index in [4.69, 9.17) is 0 Å². The molecule has 1 unspecified atom stereocenters. The molecule has 24 heavy (non-hydrogen) atoms. The summed E-state index contributed by atoms with van der Waals surface area (Å²) in [5.41, 5.74) is -0.132. The Bertz CT molecular complexity index is 689. The van der Waals surface area contributed by atoms with Gasteiger partial charge in [-0.15, -0.1) is 0 Å². The maximum Gasteiger partial charge on any atom is 0.417 e. The second-order valence-electron chi connectivity index (χ2n) is 7.36. The molecule has 3 rings (SSSR count). The topological polar surface area (TPSA) is 50.3 Å². The molecule has 2 fully saturated rings. The molecule has 1 atom stereocenters. The van der Waals surface area contributed by atoms with Crippen LogP contribution < -0.4 is 0 Å². The van der Waals surface area contributed by atoms with Gasteiger partial charge in [0.05, 0.1) is 17.1 Å². The average Bonchev–Trinajstić information content (AvgIpc) is 2.79. The summed E-state index contributed by atoms with van der Waals surface area (Å²) in [6.07, 6.45) is -1.95. The van der Waals surface area contributed by atoms with Gasteiger partial charge in [0.25, 0.3) is 0 Å². The third-order valence-electron chi connectivity index (χ3n) is 4.85. The lowest BCUT2D eigenvalue weighted by Crippen LogP contribution is -2.50. The van der Waals surface area contributed by atoms with Crippen LogP contribution in [0, 0.1) is 11.3 Å². The van der Waals surface area contributed by atoms with Crippen LogP contribution in [0.5, 0.6) is 0 Å². The zero-order valence-corrected chi connectivity index (χ0v) is 14.3. The van der Waals surface area contributed by atoms with Gasteiger partial charge in [-0.25, -0.2) is 8.42 Å². The number of hydrogen-bond acceptors (Lipinski definition) is 4. The molecule has 1 aromatic rings. The van der Waals surface area contributed by atoms with Crippen molar-refractivity contribution in [2.75, 3.05) is 31.1 Å². The molecule has 8 heteroatoms. The molecule has 2 saturated heterocycles. The zero-order chi connectivity index (χ0) is 17.6. The average molecular weight is 362 g/mol. The zero-order valence-electron chi connectivity index (χ0n) is 13.5. The molecule has 0 aromatic carbocycles. The second-order valence-corrected chi connectivity index (χ2v) is 9.43. The summed E-state index contributed by atoms with van der Waals surface area (Å²) in [6.45, 7) is 4.55. The van der Waals surface area contributed by atoms with Crippen LogP contribution in [0.1, 0.15) is 24.6 Å². The van der Waals surface area contributed by atoms with Crippen molar-refractivity contribution >= 4 is 9.84 Å². The van der Waals surface area contributed by atoms with E-state index in [1.54, 1.807) is 0 Å². The van der Waals surface area contributed by atoms with Crippen molar-refractivity contribution in [3.05, 3.63) is 29.6 Å². The summed E-state index contributed by atoms with van der Waals surface area (Å²) in [6, 6.07) is 2.50. The summed E-state index contributed by atoms with van der Waals surface area (Å²) < 4.78 is 60.4. The predicted molar refractivity (Wildman–Crippen MR) is 84.3 cm³/mol. The second kappa shape index (κ2) is 5.98. The lowest BCUT2D eigenvalue weighted by molar-refractivity contribution is -0.137. The standard InChI is InChI=1S/C16H21F3N2O2S/c1-12(6-14-3-2-13(7-20-14)16(17,18)19)8-21-5-4-15(9-21)10-24(22,23)11-15/h2-3,7,12H,4-6,8-11H2,1H3. The molecule has 1 aromatic heterocycles. The molecule has 2 aliphatic heterocycles. The lowest BCUT2D eigenvalue weighted by atomic mass is 9.91. The number of hydrogen-bond donors (Lipinski definition) is 0. The number of sulfone groups is 1. The SMILES string of the molecule is CC(Cc1ccc(C(F)(F)F)cn1)CN1CCC2(C1)CS(=O)(=O)C2. The van der Waals surface area contributed by atoms with Gasteiger partial charge in [-0.05, 0) is 37.4 Å². The van der Waals surface area contributed by atoms with E-state index in [-0.39, 0.29) is 11.3 Å². The number of nitrogens with zero attached hydrogens (tertiary/aromatic N) is 2. The molecule has 4 nitrogen and oxygen atoms in total. The Morgan fingerprint density at radius 1 is 1.33 bits per heavy atom. The number of alkyl halides is 3. The van der Waals surface area contributed by atoms with E-state index in [0.29, 0.717) is 23.6 Å². The van der Waals surface area contributed by atoms with E-state index < -0.39 is 21.6 Å². The minimum Gasteiger partial charge on any atom is -0.302 e. The number of pyridine rings is 1. The summed E-state index contributed by atoms with van der Waals surface area (Å²) in [4.78, 5) is 6.18. The molecule has 3 heterocycles. The van der Waals surface area contributed by atoms with Gasteiger partial charge in [0.1, 0.15) is 0 Å². The smallest absolute Gasteiger partial charge is 0.302 e. The van der Waals surface area contributed by atoms with Crippen LogP contribution in [0.3, 0.4) is 0 Å². The Balaban J connectivity index is 1.50. The highest BCUT2D eigenvalue weighted by Gasteiger charge is 2.51. The minimum atomic E-state index is -4.36. The fourth-order valence-corrected chi connectivity index (χ4v) is 6.14. The number of rotatable bonds is 4. The quantitative estimate of drug-likeness (QED) is 0.825.